The van der Waals surface area contributed by atoms with Crippen LogP contribution in [0.25, 0.3) is 0 Å². The highest BCUT2D eigenvalue weighted by atomic mass is 31.2. The van der Waals surface area contributed by atoms with Crippen LogP contribution in [0.3, 0.4) is 0 Å². The molecule has 10 heteroatoms. The number of unbranched alkanes of at least 4 members (excludes halogenated alkanes) is 11. The quantitative estimate of drug-likeness (QED) is 0.0609. The molecule has 0 aromatic carbocycles. The van der Waals surface area contributed by atoms with Gasteiger partial charge in [-0.1, -0.05) is 77.6 Å². The van der Waals surface area contributed by atoms with E-state index in [0.717, 1.165) is 12.8 Å². The molecule has 198 valence electrons. The van der Waals surface area contributed by atoms with Crippen LogP contribution in [-0.2, 0) is 23.3 Å². The fourth-order valence-electron chi connectivity index (χ4n) is 3.48. The summed E-state index contributed by atoms with van der Waals surface area (Å²) in [5.41, 5.74) is 0. The summed E-state index contributed by atoms with van der Waals surface area (Å²) >= 11 is 0. The van der Waals surface area contributed by atoms with Crippen LogP contribution in [-0.4, -0.2) is 78.6 Å². The van der Waals surface area contributed by atoms with E-state index in [4.69, 9.17) is 19.4 Å². The van der Waals surface area contributed by atoms with Crippen molar-refractivity contribution >= 4 is 13.6 Å². The number of nitrogens with zero attached hydrogens (tertiary/aromatic N) is 1. The average molecular weight is 499 g/mol. The number of likely N-dealkylation sites (N-methyl/N-ethyl adjacent to an activating group) is 1. The van der Waals surface area contributed by atoms with Crippen LogP contribution in [0.1, 0.15) is 90.4 Å². The van der Waals surface area contributed by atoms with Crippen molar-refractivity contribution in [1.29, 1.82) is 0 Å². The number of aliphatic hydroxyl groups excluding tert-OH is 1. The summed E-state index contributed by atoms with van der Waals surface area (Å²) in [6.07, 6.45) is 12.4. The van der Waals surface area contributed by atoms with Gasteiger partial charge in [0.05, 0.1) is 34.4 Å². The van der Waals surface area contributed by atoms with E-state index < -0.39 is 33.2 Å². The molecule has 0 amide bonds. The zero-order valence-corrected chi connectivity index (χ0v) is 22.1. The van der Waals surface area contributed by atoms with Crippen LogP contribution in [0.5, 0.6) is 0 Å². The molecule has 0 aromatic heterocycles. The summed E-state index contributed by atoms with van der Waals surface area (Å²) < 4.78 is 22.6. The van der Waals surface area contributed by atoms with E-state index in [0.29, 0.717) is 10.9 Å². The lowest BCUT2D eigenvalue weighted by atomic mass is 10.0. The number of aliphatic hydroxyl groups is 1. The minimum atomic E-state index is -4.57. The third kappa shape index (κ3) is 19.6. The smallest absolute Gasteiger partial charge is 0.393 e. The van der Waals surface area contributed by atoms with Crippen molar-refractivity contribution in [3.05, 3.63) is 0 Å². The maximum Gasteiger partial charge on any atom is 0.473 e. The standard InChI is InChI=1S/C23H48NO8P/c1-5-6-7-8-9-10-11-12-13-14-15-16-17-22(26)23(18-24(2,3)4)32-33(28,29)30-20-21(19-25)31-27/h21,23,25H,5-20H2,1-4H3,(H-,27,28,29)/p+1/t21-,23?/m1/s1. The van der Waals surface area contributed by atoms with Gasteiger partial charge in [0, 0.05) is 6.42 Å². The molecule has 3 atom stereocenters. The molecule has 0 fully saturated rings. The molecule has 0 aliphatic rings. The molecule has 0 spiro atoms. The Hall–Kier alpha value is -0.380. The SMILES string of the molecule is CCCCCCCCCCCCCCC(=O)C(C[N+](C)(C)C)OP(=O)(O)OC[C@@H](CO)OO. The van der Waals surface area contributed by atoms with Crippen molar-refractivity contribution in [3.63, 3.8) is 0 Å². The second kappa shape index (κ2) is 18.9. The molecule has 9 nitrogen and oxygen atoms in total. The number of Topliss-reactive ketones (excluding diaryl/α,β-unsaturated/α-hetero) is 1. The van der Waals surface area contributed by atoms with Crippen molar-refractivity contribution < 1.29 is 43.0 Å². The number of phosphoric ester groups is 1. The number of phosphoric acid groups is 1. The van der Waals surface area contributed by atoms with Gasteiger partial charge < -0.3 is 14.5 Å². The fraction of sp³-hybridized carbons (Fsp3) is 0.957. The van der Waals surface area contributed by atoms with Crippen molar-refractivity contribution in [3.8, 4) is 0 Å². The molecule has 33 heavy (non-hydrogen) atoms. The Kier molecular flexibility index (Phi) is 18.7. The van der Waals surface area contributed by atoms with Crippen LogP contribution in [0, 0.1) is 0 Å². The van der Waals surface area contributed by atoms with Crippen LogP contribution in [0.4, 0.5) is 0 Å². The Labute approximate surface area is 200 Å². The predicted octanol–water partition coefficient (Wildman–Crippen LogP) is 4.71. The number of ketones is 1. The third-order valence-corrected chi connectivity index (χ3v) is 6.38. The van der Waals surface area contributed by atoms with E-state index in [1.165, 1.54) is 57.8 Å². The second-order valence-corrected chi connectivity index (χ2v) is 11.3. The summed E-state index contributed by atoms with van der Waals surface area (Å²) in [5.74, 6) is -0.231. The third-order valence-electron chi connectivity index (χ3n) is 5.39. The first kappa shape index (κ1) is 32.6. The Balaban J connectivity index is 4.29. The van der Waals surface area contributed by atoms with Gasteiger partial charge in [0.25, 0.3) is 0 Å². The molecule has 0 rings (SSSR count). The van der Waals surface area contributed by atoms with Gasteiger partial charge >= 0.3 is 7.82 Å². The molecular formula is C23H49NO8P+. The van der Waals surface area contributed by atoms with Gasteiger partial charge in [-0.15, -0.1) is 0 Å². The van der Waals surface area contributed by atoms with Gasteiger partial charge in [0.1, 0.15) is 12.6 Å². The number of carbonyl (C=O) groups is 1. The number of hydrogen-bond acceptors (Lipinski definition) is 7. The lowest BCUT2D eigenvalue weighted by molar-refractivity contribution is -0.872. The van der Waals surface area contributed by atoms with Crippen LogP contribution >= 0.6 is 7.82 Å². The maximum absolute atomic E-state index is 12.7. The van der Waals surface area contributed by atoms with Crippen molar-refractivity contribution in [2.24, 2.45) is 0 Å². The summed E-state index contributed by atoms with van der Waals surface area (Å²) in [5, 5.41) is 17.5. The number of rotatable bonds is 23. The highest BCUT2D eigenvalue weighted by Gasteiger charge is 2.35. The van der Waals surface area contributed by atoms with E-state index in [-0.39, 0.29) is 18.7 Å². The zero-order chi connectivity index (χ0) is 25.2. The number of quaternary nitrogens is 1. The summed E-state index contributed by atoms with van der Waals surface area (Å²) in [6.45, 7) is 1.29. The van der Waals surface area contributed by atoms with Gasteiger partial charge in [-0.3, -0.25) is 19.1 Å². The molecule has 0 radical (unpaired) electrons. The molecule has 0 aliphatic heterocycles. The Morgan fingerprint density at radius 1 is 0.909 bits per heavy atom. The largest absolute Gasteiger partial charge is 0.473 e. The van der Waals surface area contributed by atoms with Gasteiger partial charge in [-0.25, -0.2) is 9.45 Å². The normalized spacial score (nSPS) is 15.8. The van der Waals surface area contributed by atoms with Crippen molar-refractivity contribution in [1.82, 2.24) is 0 Å². The Morgan fingerprint density at radius 2 is 1.39 bits per heavy atom. The Morgan fingerprint density at radius 3 is 1.82 bits per heavy atom. The number of carbonyl (C=O) groups excluding carboxylic acids is 1. The maximum atomic E-state index is 12.7. The molecular weight excluding hydrogens is 449 g/mol. The van der Waals surface area contributed by atoms with E-state index in [1.807, 2.05) is 21.1 Å². The summed E-state index contributed by atoms with van der Waals surface area (Å²) in [7, 11) is 1.01. The molecule has 2 unspecified atom stereocenters. The minimum Gasteiger partial charge on any atom is -0.393 e. The van der Waals surface area contributed by atoms with E-state index in [9.17, 15) is 14.3 Å². The lowest BCUT2D eigenvalue weighted by Crippen LogP contribution is -2.45. The molecule has 0 bridgehead atoms. The van der Waals surface area contributed by atoms with Gasteiger partial charge in [-0.2, -0.15) is 0 Å². The molecule has 0 aliphatic carbocycles. The van der Waals surface area contributed by atoms with Crippen molar-refractivity contribution in [2.75, 3.05) is 40.9 Å². The first-order valence-electron chi connectivity index (χ1n) is 12.4. The summed E-state index contributed by atoms with van der Waals surface area (Å²) in [6, 6.07) is 0. The molecule has 0 saturated carbocycles. The molecule has 0 heterocycles. The van der Waals surface area contributed by atoms with Gasteiger partial charge in [0.15, 0.2) is 11.9 Å². The first-order valence-corrected chi connectivity index (χ1v) is 13.9. The van der Waals surface area contributed by atoms with E-state index in [2.05, 4.69) is 11.8 Å². The highest BCUT2D eigenvalue weighted by molar-refractivity contribution is 7.47. The number of hydrogen-bond donors (Lipinski definition) is 3. The molecule has 0 aromatic rings. The monoisotopic (exact) mass is 498 g/mol. The highest BCUT2D eigenvalue weighted by Crippen LogP contribution is 2.45. The van der Waals surface area contributed by atoms with Gasteiger partial charge in [0.2, 0.25) is 0 Å². The molecule has 0 saturated heterocycles. The lowest BCUT2D eigenvalue weighted by Gasteiger charge is -2.29. The summed E-state index contributed by atoms with van der Waals surface area (Å²) in [4.78, 5) is 26.6. The Bertz CT molecular complexity index is 537. The van der Waals surface area contributed by atoms with E-state index >= 15 is 0 Å². The van der Waals surface area contributed by atoms with E-state index in [1.54, 1.807) is 0 Å². The second-order valence-electron chi connectivity index (χ2n) is 9.85. The van der Waals surface area contributed by atoms with Gasteiger partial charge in [-0.05, 0) is 6.42 Å². The van der Waals surface area contributed by atoms with Crippen LogP contribution < -0.4 is 0 Å². The topological polar surface area (TPSA) is 123 Å². The zero-order valence-electron chi connectivity index (χ0n) is 21.2. The van der Waals surface area contributed by atoms with Crippen LogP contribution in [0.15, 0.2) is 0 Å². The fourth-order valence-corrected chi connectivity index (χ4v) is 4.40. The minimum absolute atomic E-state index is 0.213. The van der Waals surface area contributed by atoms with Crippen LogP contribution in [0.2, 0.25) is 0 Å². The molecule has 3 N–H and O–H groups in total. The van der Waals surface area contributed by atoms with Crippen molar-refractivity contribution in [2.45, 2.75) is 103 Å². The average Bonchev–Trinajstić information content (AvgIpc) is 2.73. The first-order chi connectivity index (χ1) is 15.5. The predicted molar refractivity (Wildman–Crippen MR) is 129 cm³/mol.